The Kier molecular flexibility index (Phi) is 3.97. The zero-order chi connectivity index (χ0) is 14.7. The second-order valence-corrected chi connectivity index (χ2v) is 5.12. The van der Waals surface area contributed by atoms with Crippen molar-refractivity contribution >= 4 is 5.91 Å². The van der Waals surface area contributed by atoms with Gasteiger partial charge in [-0.05, 0) is 41.8 Å². The van der Waals surface area contributed by atoms with E-state index in [-0.39, 0.29) is 17.8 Å². The van der Waals surface area contributed by atoms with Gasteiger partial charge in [0.2, 0.25) is 0 Å². The molecule has 3 nitrogen and oxygen atoms in total. The minimum absolute atomic E-state index is 0.0976. The molecule has 0 saturated carbocycles. The first-order valence-electron chi connectivity index (χ1n) is 6.97. The molecule has 108 valence electrons. The number of nitrogens with one attached hydrogen (secondary N) is 1. The minimum Gasteiger partial charge on any atom is -0.379 e. The Labute approximate surface area is 122 Å². The quantitative estimate of drug-likeness (QED) is 0.941. The maximum Gasteiger partial charge on any atom is 0.251 e. The Morgan fingerprint density at radius 1 is 1.14 bits per heavy atom. The molecule has 0 aromatic heterocycles. The molecule has 0 aliphatic carbocycles. The summed E-state index contributed by atoms with van der Waals surface area (Å²) >= 11 is 0. The molecule has 2 aromatic carbocycles. The molecule has 3 rings (SSSR count). The van der Waals surface area contributed by atoms with E-state index < -0.39 is 0 Å². The Balaban J connectivity index is 1.72. The van der Waals surface area contributed by atoms with Crippen molar-refractivity contribution in [3.05, 3.63) is 59.9 Å². The van der Waals surface area contributed by atoms with Gasteiger partial charge in [-0.1, -0.05) is 24.3 Å². The first-order valence-corrected chi connectivity index (χ1v) is 6.97. The van der Waals surface area contributed by atoms with E-state index >= 15 is 0 Å². The summed E-state index contributed by atoms with van der Waals surface area (Å²) < 4.78 is 18.4. The summed E-state index contributed by atoms with van der Waals surface area (Å²) in [5.41, 5.74) is 2.28. The fourth-order valence-corrected chi connectivity index (χ4v) is 2.40. The molecule has 1 amide bonds. The number of hydrogen-bond donors (Lipinski definition) is 1. The highest BCUT2D eigenvalue weighted by molar-refractivity contribution is 5.94. The molecule has 1 fully saturated rings. The lowest BCUT2D eigenvalue weighted by Crippen LogP contribution is -2.34. The van der Waals surface area contributed by atoms with Crippen molar-refractivity contribution < 1.29 is 13.9 Å². The molecule has 1 heterocycles. The summed E-state index contributed by atoms with van der Waals surface area (Å²) in [5.74, 6) is -0.369. The van der Waals surface area contributed by atoms with Gasteiger partial charge in [0.05, 0.1) is 12.6 Å². The molecule has 21 heavy (non-hydrogen) atoms. The predicted octanol–water partition coefficient (Wildman–Crippen LogP) is 3.01. The minimum atomic E-state index is -0.268. The van der Waals surface area contributed by atoms with E-state index in [1.165, 1.54) is 12.1 Å². The molecule has 1 saturated heterocycles. The van der Waals surface area contributed by atoms with Crippen LogP contribution >= 0.6 is 0 Å². The van der Waals surface area contributed by atoms with Gasteiger partial charge in [0, 0.05) is 12.2 Å². The van der Waals surface area contributed by atoms with E-state index in [1.54, 1.807) is 18.2 Å². The van der Waals surface area contributed by atoms with Crippen molar-refractivity contribution in [2.45, 2.75) is 12.5 Å². The van der Waals surface area contributed by atoms with E-state index in [9.17, 15) is 9.18 Å². The van der Waals surface area contributed by atoms with Gasteiger partial charge in [-0.3, -0.25) is 4.79 Å². The Morgan fingerprint density at radius 2 is 1.95 bits per heavy atom. The molecular formula is C17H16FNO2. The van der Waals surface area contributed by atoms with Gasteiger partial charge in [0.1, 0.15) is 5.82 Å². The number of ether oxygens (including phenoxy) is 1. The van der Waals surface area contributed by atoms with Crippen molar-refractivity contribution in [1.29, 1.82) is 0 Å². The highest BCUT2D eigenvalue weighted by Gasteiger charge is 2.18. The fraction of sp³-hybridized carbons (Fsp3) is 0.235. The maximum atomic E-state index is 13.2. The average Bonchev–Trinajstić information content (AvgIpc) is 3.00. The van der Waals surface area contributed by atoms with E-state index in [2.05, 4.69) is 5.32 Å². The van der Waals surface area contributed by atoms with Gasteiger partial charge < -0.3 is 10.1 Å². The van der Waals surface area contributed by atoms with Gasteiger partial charge >= 0.3 is 0 Å². The third-order valence-corrected chi connectivity index (χ3v) is 3.57. The summed E-state index contributed by atoms with van der Waals surface area (Å²) in [7, 11) is 0. The predicted molar refractivity (Wildman–Crippen MR) is 78.5 cm³/mol. The fourth-order valence-electron chi connectivity index (χ4n) is 2.40. The highest BCUT2D eigenvalue weighted by Crippen LogP contribution is 2.20. The molecular weight excluding hydrogens is 269 g/mol. The van der Waals surface area contributed by atoms with Gasteiger partial charge in [0.25, 0.3) is 5.91 Å². The van der Waals surface area contributed by atoms with E-state index in [0.717, 1.165) is 17.5 Å². The molecule has 1 aliphatic rings. The number of hydrogen-bond acceptors (Lipinski definition) is 2. The van der Waals surface area contributed by atoms with Crippen LogP contribution in [0.3, 0.4) is 0 Å². The second kappa shape index (κ2) is 6.06. The monoisotopic (exact) mass is 285 g/mol. The molecule has 1 atom stereocenters. The number of carbonyl (C=O) groups is 1. The van der Waals surface area contributed by atoms with Crippen LogP contribution < -0.4 is 5.32 Å². The van der Waals surface area contributed by atoms with E-state index in [1.807, 2.05) is 18.2 Å². The average molecular weight is 285 g/mol. The number of amides is 1. The van der Waals surface area contributed by atoms with Gasteiger partial charge in [-0.25, -0.2) is 4.39 Å². The first-order chi connectivity index (χ1) is 10.2. The van der Waals surface area contributed by atoms with Crippen LogP contribution in [0.25, 0.3) is 11.1 Å². The van der Waals surface area contributed by atoms with Crippen LogP contribution in [-0.2, 0) is 4.74 Å². The molecule has 0 spiro atoms. The van der Waals surface area contributed by atoms with Crippen molar-refractivity contribution in [1.82, 2.24) is 5.32 Å². The molecule has 0 bridgehead atoms. The second-order valence-electron chi connectivity index (χ2n) is 5.12. The highest BCUT2D eigenvalue weighted by atomic mass is 19.1. The van der Waals surface area contributed by atoms with Crippen molar-refractivity contribution in [3.8, 4) is 11.1 Å². The Hall–Kier alpha value is -2.20. The number of halogens is 1. The summed E-state index contributed by atoms with van der Waals surface area (Å²) in [6, 6.07) is 13.7. The number of carbonyl (C=O) groups excluding carboxylic acids is 1. The lowest BCUT2D eigenvalue weighted by molar-refractivity contribution is 0.0930. The van der Waals surface area contributed by atoms with Crippen LogP contribution in [0.15, 0.2) is 48.5 Å². The molecule has 1 aliphatic heterocycles. The molecule has 2 aromatic rings. The van der Waals surface area contributed by atoms with Crippen LogP contribution in [0, 0.1) is 5.82 Å². The van der Waals surface area contributed by atoms with Crippen LogP contribution in [0.2, 0.25) is 0 Å². The summed E-state index contributed by atoms with van der Waals surface area (Å²) in [4.78, 5) is 12.1. The smallest absolute Gasteiger partial charge is 0.251 e. The number of rotatable bonds is 3. The van der Waals surface area contributed by atoms with Crippen LogP contribution in [0.4, 0.5) is 4.39 Å². The van der Waals surface area contributed by atoms with Crippen molar-refractivity contribution in [3.63, 3.8) is 0 Å². The lowest BCUT2D eigenvalue weighted by Gasteiger charge is -2.11. The molecule has 0 unspecified atom stereocenters. The van der Waals surface area contributed by atoms with Crippen molar-refractivity contribution in [2.24, 2.45) is 0 Å². The van der Waals surface area contributed by atoms with E-state index in [0.29, 0.717) is 18.8 Å². The topological polar surface area (TPSA) is 38.3 Å². The summed E-state index contributed by atoms with van der Waals surface area (Å²) in [6.07, 6.45) is 0.854. The third kappa shape index (κ3) is 3.28. The lowest BCUT2D eigenvalue weighted by atomic mass is 10.0. The number of benzene rings is 2. The molecule has 1 N–H and O–H groups in total. The summed E-state index contributed by atoms with van der Waals surface area (Å²) in [6.45, 7) is 1.27. The van der Waals surface area contributed by atoms with Crippen molar-refractivity contribution in [2.75, 3.05) is 13.2 Å². The molecule has 4 heteroatoms. The normalized spacial score (nSPS) is 17.7. The Morgan fingerprint density at radius 3 is 2.62 bits per heavy atom. The molecule has 0 radical (unpaired) electrons. The van der Waals surface area contributed by atoms with Gasteiger partial charge in [-0.2, -0.15) is 0 Å². The maximum absolute atomic E-state index is 13.2. The van der Waals surface area contributed by atoms with Gasteiger partial charge in [-0.15, -0.1) is 0 Å². The summed E-state index contributed by atoms with van der Waals surface area (Å²) in [5, 5.41) is 2.94. The SMILES string of the molecule is O=C(N[C@H]1CCOC1)c1ccc(-c2cccc(F)c2)cc1. The third-order valence-electron chi connectivity index (χ3n) is 3.57. The van der Waals surface area contributed by atoms with Crippen LogP contribution in [-0.4, -0.2) is 25.2 Å². The zero-order valence-electron chi connectivity index (χ0n) is 11.5. The van der Waals surface area contributed by atoms with Crippen LogP contribution in [0.5, 0.6) is 0 Å². The standard InChI is InChI=1S/C17H16FNO2/c18-15-3-1-2-14(10-15)12-4-6-13(7-5-12)17(20)19-16-8-9-21-11-16/h1-7,10,16H,8-9,11H2,(H,19,20)/t16-/m0/s1. The Bertz CT molecular complexity index is 633. The van der Waals surface area contributed by atoms with E-state index in [4.69, 9.17) is 4.74 Å². The van der Waals surface area contributed by atoms with Crippen LogP contribution in [0.1, 0.15) is 16.8 Å². The van der Waals surface area contributed by atoms with Gasteiger partial charge in [0.15, 0.2) is 0 Å². The largest absolute Gasteiger partial charge is 0.379 e. The zero-order valence-corrected chi connectivity index (χ0v) is 11.5. The first kappa shape index (κ1) is 13.8.